The average Bonchev–Trinajstić information content (AvgIpc) is 2.15. The van der Waals surface area contributed by atoms with Gasteiger partial charge in [0, 0.05) is 12.1 Å². The van der Waals surface area contributed by atoms with Crippen molar-refractivity contribution in [3.8, 4) is 0 Å². The molecule has 0 aliphatic rings. The van der Waals surface area contributed by atoms with Crippen LogP contribution >= 0.6 is 19.8 Å². The van der Waals surface area contributed by atoms with Crippen molar-refractivity contribution in [1.82, 2.24) is 4.48 Å². The van der Waals surface area contributed by atoms with Crippen LogP contribution in [0.25, 0.3) is 0 Å². The summed E-state index contributed by atoms with van der Waals surface area (Å²) in [5.41, 5.74) is 0.611. The first-order valence-corrected chi connectivity index (χ1v) is 7.32. The smallest absolute Gasteiger partial charge is 0.341 e. The van der Waals surface area contributed by atoms with Crippen LogP contribution in [0.3, 0.4) is 0 Å². The van der Waals surface area contributed by atoms with Crippen molar-refractivity contribution in [3.05, 3.63) is 27.3 Å². The van der Waals surface area contributed by atoms with E-state index in [1.807, 2.05) is 21.1 Å². The molecule has 0 aromatic heterocycles. The number of carboxylic acids is 1. The molecule has 0 aliphatic heterocycles. The normalized spacial score (nSPS) is 11.8. The minimum atomic E-state index is -3.76. The minimum Gasteiger partial charge on any atom is -0.478 e. The van der Waals surface area contributed by atoms with Gasteiger partial charge in [-0.2, -0.15) is 0 Å². The van der Waals surface area contributed by atoms with E-state index in [1.165, 1.54) is 12.1 Å². The van der Waals surface area contributed by atoms with Gasteiger partial charge in [0.1, 0.15) is 5.69 Å². The van der Waals surface area contributed by atoms with E-state index in [0.717, 1.165) is 5.69 Å². The topological polar surface area (TPSA) is 71.4 Å². The molecule has 0 spiro atoms. The maximum Gasteiger partial charge on any atom is 0.341 e. The number of hydrogen-bond acceptors (Lipinski definition) is 3. The lowest BCUT2D eigenvalue weighted by atomic mass is 10.2. The maximum atomic E-state index is 10.9. The van der Waals surface area contributed by atoms with Crippen molar-refractivity contribution >= 4 is 31.4 Å². The zero-order valence-corrected chi connectivity index (χ0v) is 11.4. The number of carboxylic acid groups (broad SMARTS) is 1. The van der Waals surface area contributed by atoms with Crippen LogP contribution in [0.5, 0.6) is 0 Å². The molecule has 0 fully saturated rings. The van der Waals surface area contributed by atoms with Crippen LogP contribution in [0.15, 0.2) is 18.2 Å². The third-order valence-corrected chi connectivity index (χ3v) is 4.01. The molecule has 0 amide bonds. The Morgan fingerprint density at radius 2 is 1.81 bits per heavy atom. The highest BCUT2D eigenvalue weighted by Crippen LogP contribution is 2.27. The Labute approximate surface area is 100 Å². The van der Waals surface area contributed by atoms with Crippen LogP contribution < -0.4 is 4.48 Å². The molecule has 1 aromatic rings. The van der Waals surface area contributed by atoms with Gasteiger partial charge in [0.25, 0.3) is 0 Å². The standard InChI is InChI=1S/C10H12INO4/c1-12(2,3)7-4-5-9(11(15)16)8(6-7)10(13)14/h4-6H,1-3H3/p+1. The lowest BCUT2D eigenvalue weighted by Gasteiger charge is -2.23. The molecule has 1 aromatic carbocycles. The first-order chi connectivity index (χ1) is 7.23. The Balaban J connectivity index is 3.46. The van der Waals surface area contributed by atoms with Gasteiger partial charge in [0.2, 0.25) is 0 Å². The first kappa shape index (κ1) is 13.0. The zero-order chi connectivity index (χ0) is 12.5. The van der Waals surface area contributed by atoms with Crippen molar-refractivity contribution in [1.29, 1.82) is 0 Å². The van der Waals surface area contributed by atoms with Crippen LogP contribution in [-0.2, 0) is 6.14 Å². The number of rotatable bonds is 3. The van der Waals surface area contributed by atoms with Gasteiger partial charge in [0.15, 0.2) is 0 Å². The van der Waals surface area contributed by atoms with Crippen molar-refractivity contribution < 1.29 is 16.0 Å². The van der Waals surface area contributed by atoms with Crippen LogP contribution in [0.1, 0.15) is 10.4 Å². The third kappa shape index (κ3) is 2.76. The lowest BCUT2D eigenvalue weighted by molar-refractivity contribution is 0.0695. The largest absolute Gasteiger partial charge is 0.478 e. The molecule has 0 radical (unpaired) electrons. The molecule has 88 valence electrons. The van der Waals surface area contributed by atoms with Crippen molar-refractivity contribution in [2.75, 3.05) is 21.1 Å². The predicted octanol–water partition coefficient (Wildman–Crippen LogP) is 1.95. The summed E-state index contributed by atoms with van der Waals surface area (Å²) in [5.74, 6) is -1.21. The maximum absolute atomic E-state index is 10.9. The van der Waals surface area contributed by atoms with Gasteiger partial charge in [-0.1, -0.05) is 0 Å². The zero-order valence-electron chi connectivity index (χ0n) is 9.23. The van der Waals surface area contributed by atoms with E-state index >= 15 is 0 Å². The molecule has 0 atom stereocenters. The third-order valence-electron chi connectivity index (χ3n) is 2.12. The Hall–Kier alpha value is -1.02. The van der Waals surface area contributed by atoms with Crippen molar-refractivity contribution in [2.24, 2.45) is 0 Å². The van der Waals surface area contributed by atoms with E-state index < -0.39 is 25.8 Å². The van der Waals surface area contributed by atoms with Gasteiger partial charge in [-0.3, -0.25) is 4.48 Å². The van der Waals surface area contributed by atoms with Gasteiger partial charge in [0.05, 0.1) is 30.3 Å². The van der Waals surface area contributed by atoms with Gasteiger partial charge < -0.3 is 5.11 Å². The summed E-state index contributed by atoms with van der Waals surface area (Å²) in [6.45, 7) is 0. The Kier molecular flexibility index (Phi) is 3.64. The number of nitrogens with zero attached hydrogens (tertiary/aromatic N) is 1. The summed E-state index contributed by atoms with van der Waals surface area (Å²) in [6.07, 6.45) is 0. The second kappa shape index (κ2) is 4.46. The molecule has 0 bridgehead atoms. The Morgan fingerprint density at radius 1 is 1.25 bits per heavy atom. The van der Waals surface area contributed by atoms with Gasteiger partial charge in [-0.05, 0) is 6.07 Å². The van der Waals surface area contributed by atoms with Crippen LogP contribution in [0, 0.1) is 3.57 Å². The molecule has 0 saturated heterocycles. The summed E-state index contributed by atoms with van der Waals surface area (Å²) in [7, 11) is 5.64. The highest BCUT2D eigenvalue weighted by atomic mass is 127. The Bertz CT molecular complexity index is 492. The SMILES string of the molecule is C[N+](C)(C)c1ccc(I(=O)=O)c(C(=O)O)c1. The molecular formula is C10H13INO4+. The van der Waals surface area contributed by atoms with E-state index in [9.17, 15) is 10.9 Å². The second-order valence-corrected chi connectivity index (χ2v) is 6.60. The van der Waals surface area contributed by atoms with E-state index in [4.69, 9.17) is 5.11 Å². The van der Waals surface area contributed by atoms with E-state index in [-0.39, 0.29) is 9.13 Å². The quantitative estimate of drug-likeness (QED) is 0.676. The fourth-order valence-electron chi connectivity index (χ4n) is 1.23. The van der Waals surface area contributed by atoms with Gasteiger partial charge in [-0.15, -0.1) is 0 Å². The molecular weight excluding hydrogens is 325 g/mol. The highest BCUT2D eigenvalue weighted by Gasteiger charge is 2.20. The molecule has 0 unspecified atom stereocenters. The number of carbonyl (C=O) groups is 1. The van der Waals surface area contributed by atoms with Crippen molar-refractivity contribution in [2.45, 2.75) is 0 Å². The van der Waals surface area contributed by atoms with E-state index in [1.54, 1.807) is 6.07 Å². The summed E-state index contributed by atoms with van der Waals surface area (Å²) in [5, 5.41) is 8.95. The molecule has 0 saturated carbocycles. The summed E-state index contributed by atoms with van der Waals surface area (Å²) >= 11 is -3.76. The van der Waals surface area contributed by atoms with E-state index in [2.05, 4.69) is 0 Å². The number of quaternary nitrogens is 1. The summed E-state index contributed by atoms with van der Waals surface area (Å²) in [6, 6.07) is 4.42. The number of halogens is 1. The van der Waals surface area contributed by atoms with E-state index in [0.29, 0.717) is 4.48 Å². The molecule has 0 aliphatic carbocycles. The first-order valence-electron chi connectivity index (χ1n) is 4.48. The van der Waals surface area contributed by atoms with Crippen LogP contribution in [0.4, 0.5) is 5.69 Å². The predicted molar refractivity (Wildman–Crippen MR) is 67.1 cm³/mol. The number of benzene rings is 1. The minimum absolute atomic E-state index is 0.0612. The number of hydrogen-bond donors (Lipinski definition) is 1. The summed E-state index contributed by atoms with van der Waals surface area (Å²) < 4.78 is 22.3. The monoisotopic (exact) mass is 338 g/mol. The van der Waals surface area contributed by atoms with Crippen LogP contribution in [0.2, 0.25) is 0 Å². The summed E-state index contributed by atoms with van der Waals surface area (Å²) in [4.78, 5) is 10.9. The fraction of sp³-hybridized carbons (Fsp3) is 0.300. The molecule has 0 heterocycles. The molecule has 5 nitrogen and oxygen atoms in total. The molecule has 16 heavy (non-hydrogen) atoms. The highest BCUT2D eigenvalue weighted by molar-refractivity contribution is 14.2. The van der Waals surface area contributed by atoms with Crippen molar-refractivity contribution in [3.63, 3.8) is 0 Å². The lowest BCUT2D eigenvalue weighted by Crippen LogP contribution is -2.34. The molecule has 1 N–H and O–H groups in total. The average molecular weight is 338 g/mol. The fourth-order valence-corrected chi connectivity index (χ4v) is 2.56. The molecule has 1 rings (SSSR count). The molecule has 6 heteroatoms. The van der Waals surface area contributed by atoms with Crippen LogP contribution in [-0.4, -0.2) is 32.2 Å². The van der Waals surface area contributed by atoms with Gasteiger partial charge >= 0.3 is 25.8 Å². The number of aromatic carboxylic acids is 1. The Morgan fingerprint density at radius 3 is 2.19 bits per heavy atom. The van der Waals surface area contributed by atoms with Gasteiger partial charge in [-0.25, -0.2) is 10.9 Å². The second-order valence-electron chi connectivity index (χ2n) is 4.20.